The van der Waals surface area contributed by atoms with Crippen LogP contribution in [0.25, 0.3) is 0 Å². The van der Waals surface area contributed by atoms with Crippen molar-refractivity contribution in [1.82, 2.24) is 16.0 Å². The quantitative estimate of drug-likeness (QED) is 0.213. The first-order valence-corrected chi connectivity index (χ1v) is 9.06. The van der Waals surface area contributed by atoms with E-state index < -0.39 is 0 Å². The molecule has 7 nitrogen and oxygen atoms in total. The van der Waals surface area contributed by atoms with Crippen LogP contribution in [0.3, 0.4) is 0 Å². The van der Waals surface area contributed by atoms with Crippen molar-refractivity contribution in [2.24, 2.45) is 4.99 Å². The van der Waals surface area contributed by atoms with Crippen LogP contribution in [-0.2, 0) is 0 Å². The van der Waals surface area contributed by atoms with Crippen LogP contribution in [0, 0.1) is 13.8 Å². The Bertz CT molecular complexity index is 744. The van der Waals surface area contributed by atoms with Crippen molar-refractivity contribution in [3.8, 4) is 5.75 Å². The number of nitrogens with one attached hydrogen (secondary N) is 3. The lowest BCUT2D eigenvalue weighted by atomic mass is 10.2. The number of furan rings is 1. The zero-order chi connectivity index (χ0) is 19.5. The van der Waals surface area contributed by atoms with Gasteiger partial charge in [-0.3, -0.25) is 9.79 Å². The Morgan fingerprint density at radius 2 is 1.71 bits per heavy atom. The highest BCUT2D eigenvalue weighted by molar-refractivity contribution is 14.0. The molecule has 154 valence electrons. The summed E-state index contributed by atoms with van der Waals surface area (Å²) in [5.74, 6) is 1.74. The molecule has 2 aromatic rings. The maximum Gasteiger partial charge on any atom is 0.287 e. The van der Waals surface area contributed by atoms with Crippen molar-refractivity contribution in [1.29, 1.82) is 0 Å². The molecule has 0 saturated heterocycles. The molecule has 28 heavy (non-hydrogen) atoms. The molecule has 1 heterocycles. The van der Waals surface area contributed by atoms with Gasteiger partial charge in [-0.25, -0.2) is 0 Å². The number of carbonyl (C=O) groups is 1. The first-order chi connectivity index (χ1) is 13.1. The van der Waals surface area contributed by atoms with Gasteiger partial charge in [-0.2, -0.15) is 0 Å². The van der Waals surface area contributed by atoms with Gasteiger partial charge in [-0.15, -0.1) is 24.0 Å². The predicted octanol–water partition coefficient (Wildman–Crippen LogP) is 2.88. The Morgan fingerprint density at radius 3 is 2.36 bits per heavy atom. The molecule has 0 aliphatic rings. The van der Waals surface area contributed by atoms with E-state index in [2.05, 4.69) is 20.9 Å². The number of hydrogen-bond acceptors (Lipinski definition) is 4. The van der Waals surface area contributed by atoms with Crippen molar-refractivity contribution >= 4 is 35.8 Å². The van der Waals surface area contributed by atoms with Gasteiger partial charge in [0.05, 0.1) is 12.8 Å². The third kappa shape index (κ3) is 8.20. The molecule has 1 amide bonds. The highest BCUT2D eigenvalue weighted by Gasteiger charge is 2.11. The predicted molar refractivity (Wildman–Crippen MR) is 122 cm³/mol. The summed E-state index contributed by atoms with van der Waals surface area (Å²) >= 11 is 0. The highest BCUT2D eigenvalue weighted by atomic mass is 127. The van der Waals surface area contributed by atoms with E-state index in [1.807, 2.05) is 38.1 Å². The second-order valence-corrected chi connectivity index (χ2v) is 6.13. The molecule has 0 bridgehead atoms. The van der Waals surface area contributed by atoms with E-state index in [-0.39, 0.29) is 29.9 Å². The van der Waals surface area contributed by atoms with E-state index in [4.69, 9.17) is 9.15 Å². The van der Waals surface area contributed by atoms with Crippen LogP contribution in [0.5, 0.6) is 5.75 Å². The molecule has 2 rings (SSSR count). The Labute approximate surface area is 183 Å². The number of halogens is 1. The normalized spacial score (nSPS) is 10.8. The van der Waals surface area contributed by atoms with Gasteiger partial charge in [0.1, 0.15) is 12.4 Å². The Kier molecular flexibility index (Phi) is 11.1. The van der Waals surface area contributed by atoms with Crippen LogP contribution >= 0.6 is 24.0 Å². The average Bonchev–Trinajstić information content (AvgIpc) is 3.10. The molecule has 1 aromatic heterocycles. The number of hydrogen-bond donors (Lipinski definition) is 3. The molecule has 0 aliphatic carbocycles. The smallest absolute Gasteiger partial charge is 0.287 e. The summed E-state index contributed by atoms with van der Waals surface area (Å²) in [4.78, 5) is 16.1. The molecule has 3 N–H and O–H groups in total. The summed E-state index contributed by atoms with van der Waals surface area (Å²) < 4.78 is 10.8. The fourth-order valence-corrected chi connectivity index (χ4v) is 2.38. The van der Waals surface area contributed by atoms with E-state index in [9.17, 15) is 4.79 Å². The lowest BCUT2D eigenvalue weighted by Crippen LogP contribution is -2.40. The second-order valence-electron chi connectivity index (χ2n) is 6.13. The number of rotatable bonds is 9. The molecular formula is C20H29IN4O3. The highest BCUT2D eigenvalue weighted by Crippen LogP contribution is 2.10. The molecular weight excluding hydrogens is 471 g/mol. The third-order valence-corrected chi connectivity index (χ3v) is 3.91. The van der Waals surface area contributed by atoms with E-state index in [0.29, 0.717) is 38.0 Å². The van der Waals surface area contributed by atoms with Crippen LogP contribution in [0.4, 0.5) is 0 Å². The number of nitrogens with zero attached hydrogens (tertiary/aromatic N) is 1. The standard InChI is InChI=1S/C20H28N4O3.HI/c1-15-5-7-17(8-6-15)26-14-12-24-20(21-3)23-11-4-10-22-19(25)18-16(2)9-13-27-18;/h5-9,13H,4,10-12,14H2,1-3H3,(H,22,25)(H2,21,23,24);1H. The van der Waals surface area contributed by atoms with Crippen molar-refractivity contribution in [2.45, 2.75) is 20.3 Å². The van der Waals surface area contributed by atoms with Crippen LogP contribution in [0.15, 0.2) is 46.0 Å². The van der Waals surface area contributed by atoms with Crippen molar-refractivity contribution in [3.05, 3.63) is 53.5 Å². The van der Waals surface area contributed by atoms with Gasteiger partial charge in [-0.1, -0.05) is 17.7 Å². The molecule has 0 saturated carbocycles. The monoisotopic (exact) mass is 500 g/mol. The van der Waals surface area contributed by atoms with Gasteiger partial charge in [0, 0.05) is 25.7 Å². The average molecular weight is 500 g/mol. The summed E-state index contributed by atoms with van der Waals surface area (Å²) in [5.41, 5.74) is 2.05. The van der Waals surface area contributed by atoms with Crippen LogP contribution < -0.4 is 20.7 Å². The van der Waals surface area contributed by atoms with Gasteiger partial charge in [0.15, 0.2) is 11.7 Å². The zero-order valence-electron chi connectivity index (χ0n) is 16.6. The molecule has 0 spiro atoms. The first kappa shape index (κ1) is 23.8. The molecule has 0 fully saturated rings. The summed E-state index contributed by atoms with van der Waals surface area (Å²) in [5, 5.41) is 9.24. The number of amides is 1. The van der Waals surface area contributed by atoms with Gasteiger partial charge in [-0.05, 0) is 38.5 Å². The molecule has 0 radical (unpaired) electrons. The summed E-state index contributed by atoms with van der Waals surface area (Å²) in [6.07, 6.45) is 2.29. The number of carbonyl (C=O) groups excluding carboxylic acids is 1. The summed E-state index contributed by atoms with van der Waals surface area (Å²) in [7, 11) is 1.72. The fourth-order valence-electron chi connectivity index (χ4n) is 2.38. The number of benzene rings is 1. The van der Waals surface area contributed by atoms with Crippen LogP contribution in [0.2, 0.25) is 0 Å². The van der Waals surface area contributed by atoms with Crippen LogP contribution in [0.1, 0.15) is 28.1 Å². The van der Waals surface area contributed by atoms with Crippen molar-refractivity contribution in [3.63, 3.8) is 0 Å². The van der Waals surface area contributed by atoms with Crippen molar-refractivity contribution in [2.75, 3.05) is 33.3 Å². The van der Waals surface area contributed by atoms with Gasteiger partial charge in [0.2, 0.25) is 0 Å². The Morgan fingerprint density at radius 1 is 1.04 bits per heavy atom. The minimum absolute atomic E-state index is 0. The maximum absolute atomic E-state index is 11.9. The number of ether oxygens (including phenoxy) is 1. The van der Waals surface area contributed by atoms with Gasteiger partial charge >= 0.3 is 0 Å². The van der Waals surface area contributed by atoms with E-state index >= 15 is 0 Å². The van der Waals surface area contributed by atoms with Gasteiger partial charge in [0.25, 0.3) is 5.91 Å². The number of aliphatic imine (C=N–C) groups is 1. The van der Waals surface area contributed by atoms with Crippen molar-refractivity contribution < 1.29 is 13.9 Å². The fraction of sp³-hybridized carbons (Fsp3) is 0.400. The minimum atomic E-state index is -0.187. The van der Waals surface area contributed by atoms with E-state index in [0.717, 1.165) is 17.7 Å². The first-order valence-electron chi connectivity index (χ1n) is 9.06. The van der Waals surface area contributed by atoms with E-state index in [1.54, 1.807) is 13.1 Å². The molecule has 8 heteroatoms. The number of guanidine groups is 1. The molecule has 0 aliphatic heterocycles. The minimum Gasteiger partial charge on any atom is -0.492 e. The maximum atomic E-state index is 11.9. The SMILES string of the molecule is CN=C(NCCCNC(=O)c1occc1C)NCCOc1ccc(C)cc1.I. The zero-order valence-corrected chi connectivity index (χ0v) is 18.9. The Balaban J connectivity index is 0.00000392. The molecule has 0 atom stereocenters. The summed E-state index contributed by atoms with van der Waals surface area (Å²) in [6, 6.07) is 9.74. The third-order valence-electron chi connectivity index (χ3n) is 3.91. The lowest BCUT2D eigenvalue weighted by molar-refractivity contribution is 0.0925. The number of aryl methyl sites for hydroxylation is 2. The Hall–Kier alpha value is -2.23. The summed E-state index contributed by atoms with van der Waals surface area (Å²) in [6.45, 7) is 6.32. The second kappa shape index (κ2) is 13.0. The van der Waals surface area contributed by atoms with Gasteiger partial charge < -0.3 is 25.1 Å². The molecule has 0 unspecified atom stereocenters. The van der Waals surface area contributed by atoms with Crippen LogP contribution in [-0.4, -0.2) is 45.2 Å². The largest absolute Gasteiger partial charge is 0.492 e. The van der Waals surface area contributed by atoms with E-state index in [1.165, 1.54) is 11.8 Å². The lowest BCUT2D eigenvalue weighted by Gasteiger charge is -2.12. The molecule has 1 aromatic carbocycles. The topological polar surface area (TPSA) is 87.9 Å².